The molecule has 0 aliphatic rings. The van der Waals surface area contributed by atoms with Gasteiger partial charge in [0.15, 0.2) is 0 Å². The predicted octanol–water partition coefficient (Wildman–Crippen LogP) is 3.01. The Balaban J connectivity index is 1.90. The van der Waals surface area contributed by atoms with Crippen molar-refractivity contribution >= 4 is 39.5 Å². The van der Waals surface area contributed by atoms with Gasteiger partial charge in [0.05, 0.1) is 19.0 Å². The van der Waals surface area contributed by atoms with Crippen LogP contribution in [0.1, 0.15) is 16.1 Å². The lowest BCUT2D eigenvalue weighted by molar-refractivity contribution is 0.102. The summed E-state index contributed by atoms with van der Waals surface area (Å²) in [6.07, 6.45) is 1.58. The topological polar surface area (TPSA) is 68.5 Å². The van der Waals surface area contributed by atoms with E-state index in [2.05, 4.69) is 15.4 Å². The largest absolute Gasteiger partial charge is 0.495 e. The maximum atomic E-state index is 12.2. The minimum Gasteiger partial charge on any atom is -0.495 e. The monoisotopic (exact) mass is 322 g/mol. The van der Waals surface area contributed by atoms with Crippen LogP contribution in [0.15, 0.2) is 23.8 Å². The molecule has 1 aromatic carbocycles. The van der Waals surface area contributed by atoms with Gasteiger partial charge in [-0.3, -0.25) is 4.79 Å². The van der Waals surface area contributed by atoms with Crippen molar-refractivity contribution in [2.45, 2.75) is 6.92 Å². The molecular formula is C13H11ClN4O2S. The molecular weight excluding hydrogens is 312 g/mol. The Morgan fingerprint density at radius 3 is 3.00 bits per heavy atom. The Hall–Kier alpha value is -2.12. The highest BCUT2D eigenvalue weighted by Crippen LogP contribution is 2.31. The molecule has 0 bridgehead atoms. The standard InChI is InChI=1S/C13H11ClN4O2S/c1-7-3-9(11(20-2)4-8(7)14)16-12(19)10-5-18-13(17-10)21-6-15-18/h3-6H,1-2H3,(H,16,19). The first-order valence-electron chi connectivity index (χ1n) is 6.03. The lowest BCUT2D eigenvalue weighted by Gasteiger charge is -2.11. The van der Waals surface area contributed by atoms with E-state index < -0.39 is 0 Å². The van der Waals surface area contributed by atoms with E-state index >= 15 is 0 Å². The van der Waals surface area contributed by atoms with Crippen LogP contribution in [-0.2, 0) is 0 Å². The van der Waals surface area contributed by atoms with Crippen LogP contribution in [0.2, 0.25) is 5.02 Å². The fourth-order valence-corrected chi connectivity index (χ4v) is 2.62. The third-order valence-electron chi connectivity index (χ3n) is 2.95. The van der Waals surface area contributed by atoms with Crippen molar-refractivity contribution < 1.29 is 9.53 Å². The summed E-state index contributed by atoms with van der Waals surface area (Å²) in [5.74, 6) is 0.172. The molecule has 3 aromatic rings. The van der Waals surface area contributed by atoms with Gasteiger partial charge in [0, 0.05) is 11.1 Å². The third-order valence-corrected chi connectivity index (χ3v) is 4.04. The first-order valence-corrected chi connectivity index (χ1v) is 7.28. The van der Waals surface area contributed by atoms with E-state index in [0.29, 0.717) is 27.1 Å². The maximum Gasteiger partial charge on any atom is 0.276 e. The molecule has 0 radical (unpaired) electrons. The SMILES string of the molecule is COc1cc(Cl)c(C)cc1NC(=O)c1cn2ncsc2n1. The molecule has 0 atom stereocenters. The molecule has 1 N–H and O–H groups in total. The Kier molecular flexibility index (Phi) is 3.52. The first-order chi connectivity index (χ1) is 10.1. The molecule has 0 saturated carbocycles. The van der Waals surface area contributed by atoms with E-state index in [4.69, 9.17) is 16.3 Å². The van der Waals surface area contributed by atoms with Crippen LogP contribution in [0.3, 0.4) is 0 Å². The quantitative estimate of drug-likeness (QED) is 0.804. The van der Waals surface area contributed by atoms with Crippen LogP contribution < -0.4 is 10.1 Å². The number of amides is 1. The van der Waals surface area contributed by atoms with Gasteiger partial charge >= 0.3 is 0 Å². The van der Waals surface area contributed by atoms with Gasteiger partial charge < -0.3 is 10.1 Å². The molecule has 0 unspecified atom stereocenters. The molecule has 0 aliphatic carbocycles. The number of hydrogen-bond acceptors (Lipinski definition) is 5. The van der Waals surface area contributed by atoms with Crippen molar-refractivity contribution in [3.63, 3.8) is 0 Å². The minimum atomic E-state index is -0.326. The second kappa shape index (κ2) is 5.34. The second-order valence-corrected chi connectivity index (χ2v) is 5.57. The fourth-order valence-electron chi connectivity index (χ4n) is 1.86. The average Bonchev–Trinajstić information content (AvgIpc) is 3.03. The zero-order valence-electron chi connectivity index (χ0n) is 11.3. The summed E-state index contributed by atoms with van der Waals surface area (Å²) in [7, 11) is 1.52. The van der Waals surface area contributed by atoms with Gasteiger partial charge in [0.2, 0.25) is 4.96 Å². The predicted molar refractivity (Wildman–Crippen MR) is 81.6 cm³/mol. The first kappa shape index (κ1) is 13.8. The Bertz CT molecular complexity index is 798. The van der Waals surface area contributed by atoms with Crippen LogP contribution in [0.4, 0.5) is 5.69 Å². The highest BCUT2D eigenvalue weighted by atomic mass is 35.5. The van der Waals surface area contributed by atoms with Crippen molar-refractivity contribution in [2.24, 2.45) is 0 Å². The Morgan fingerprint density at radius 2 is 2.29 bits per heavy atom. The Morgan fingerprint density at radius 1 is 1.48 bits per heavy atom. The van der Waals surface area contributed by atoms with E-state index in [1.54, 1.807) is 28.4 Å². The smallest absolute Gasteiger partial charge is 0.276 e. The molecule has 108 valence electrons. The molecule has 3 rings (SSSR count). The van der Waals surface area contributed by atoms with Crippen LogP contribution >= 0.6 is 22.9 Å². The average molecular weight is 323 g/mol. The molecule has 0 spiro atoms. The van der Waals surface area contributed by atoms with Crippen molar-refractivity contribution in [2.75, 3.05) is 12.4 Å². The number of halogens is 1. The van der Waals surface area contributed by atoms with Crippen LogP contribution in [-0.4, -0.2) is 27.6 Å². The lowest BCUT2D eigenvalue weighted by Crippen LogP contribution is -2.13. The van der Waals surface area contributed by atoms with E-state index in [1.807, 2.05) is 6.92 Å². The molecule has 0 aliphatic heterocycles. The van der Waals surface area contributed by atoms with Gasteiger partial charge in [-0.25, -0.2) is 9.50 Å². The summed E-state index contributed by atoms with van der Waals surface area (Å²) in [6.45, 7) is 1.86. The Labute approximate surface area is 129 Å². The molecule has 0 fully saturated rings. The van der Waals surface area contributed by atoms with Gasteiger partial charge in [-0.15, -0.1) is 0 Å². The number of aromatic nitrogens is 3. The van der Waals surface area contributed by atoms with Gasteiger partial charge in [0.1, 0.15) is 17.0 Å². The summed E-state index contributed by atoms with van der Waals surface area (Å²) in [5.41, 5.74) is 3.35. The summed E-state index contributed by atoms with van der Waals surface area (Å²) in [5, 5.41) is 7.39. The number of rotatable bonds is 3. The molecule has 1 amide bonds. The van der Waals surface area contributed by atoms with E-state index in [-0.39, 0.29) is 5.91 Å². The number of imidazole rings is 1. The number of carbonyl (C=O) groups excluding carboxylic acids is 1. The number of hydrogen-bond donors (Lipinski definition) is 1. The van der Waals surface area contributed by atoms with Crippen molar-refractivity contribution in [3.8, 4) is 5.75 Å². The summed E-state index contributed by atoms with van der Waals surface area (Å²) in [6, 6.07) is 3.43. The van der Waals surface area contributed by atoms with E-state index in [9.17, 15) is 4.79 Å². The van der Waals surface area contributed by atoms with Crippen molar-refractivity contribution in [3.05, 3.63) is 40.1 Å². The second-order valence-electron chi connectivity index (χ2n) is 4.35. The normalized spacial score (nSPS) is 10.8. The number of nitrogens with one attached hydrogen (secondary N) is 1. The minimum absolute atomic E-state index is 0.295. The number of methoxy groups -OCH3 is 1. The molecule has 8 heteroatoms. The van der Waals surface area contributed by atoms with Crippen LogP contribution in [0, 0.1) is 6.92 Å². The molecule has 2 heterocycles. The number of nitrogens with zero attached hydrogens (tertiary/aromatic N) is 3. The molecule has 6 nitrogen and oxygen atoms in total. The fraction of sp³-hybridized carbons (Fsp3) is 0.154. The van der Waals surface area contributed by atoms with Gasteiger partial charge in [-0.05, 0) is 18.6 Å². The maximum absolute atomic E-state index is 12.2. The van der Waals surface area contributed by atoms with Gasteiger partial charge in [0.25, 0.3) is 5.91 Å². The summed E-state index contributed by atoms with van der Waals surface area (Å²) in [4.78, 5) is 17.1. The zero-order valence-corrected chi connectivity index (χ0v) is 12.8. The summed E-state index contributed by atoms with van der Waals surface area (Å²) >= 11 is 7.40. The van der Waals surface area contributed by atoms with E-state index in [0.717, 1.165) is 5.56 Å². The van der Waals surface area contributed by atoms with Gasteiger partial charge in [-0.2, -0.15) is 5.10 Å². The zero-order chi connectivity index (χ0) is 15.0. The number of benzene rings is 1. The number of fused-ring (bicyclic) bond motifs is 1. The van der Waals surface area contributed by atoms with Crippen molar-refractivity contribution in [1.29, 1.82) is 0 Å². The number of anilines is 1. The van der Waals surface area contributed by atoms with Crippen molar-refractivity contribution in [1.82, 2.24) is 14.6 Å². The third kappa shape index (κ3) is 2.57. The number of ether oxygens (including phenoxy) is 1. The molecule has 2 aromatic heterocycles. The highest BCUT2D eigenvalue weighted by Gasteiger charge is 2.15. The lowest BCUT2D eigenvalue weighted by atomic mass is 10.2. The number of carbonyl (C=O) groups is 1. The van der Waals surface area contributed by atoms with Gasteiger partial charge in [-0.1, -0.05) is 22.9 Å². The molecule has 21 heavy (non-hydrogen) atoms. The summed E-state index contributed by atoms with van der Waals surface area (Å²) < 4.78 is 6.79. The molecule has 0 saturated heterocycles. The highest BCUT2D eigenvalue weighted by molar-refractivity contribution is 7.14. The van der Waals surface area contributed by atoms with E-state index in [1.165, 1.54) is 18.4 Å². The number of aryl methyl sites for hydroxylation is 1. The van der Waals surface area contributed by atoms with Crippen LogP contribution in [0.25, 0.3) is 4.96 Å². The van der Waals surface area contributed by atoms with Crippen LogP contribution in [0.5, 0.6) is 5.75 Å².